The zero-order chi connectivity index (χ0) is 16.4. The van der Waals surface area contributed by atoms with Crippen LogP contribution in [0.5, 0.6) is 0 Å². The van der Waals surface area contributed by atoms with Crippen molar-refractivity contribution in [1.29, 1.82) is 0 Å². The molecule has 0 amide bonds. The summed E-state index contributed by atoms with van der Waals surface area (Å²) in [4.78, 5) is 18.3. The van der Waals surface area contributed by atoms with E-state index in [9.17, 15) is 0 Å². The Bertz CT molecular complexity index is 656. The molecule has 0 unspecified atom stereocenters. The quantitative estimate of drug-likeness (QED) is 0.858. The van der Waals surface area contributed by atoms with Gasteiger partial charge in [0.15, 0.2) is 0 Å². The van der Waals surface area contributed by atoms with E-state index in [1.54, 1.807) is 6.33 Å². The first-order valence-corrected chi connectivity index (χ1v) is 8.31. The first-order chi connectivity index (χ1) is 11.1. The van der Waals surface area contributed by atoms with Crippen LogP contribution in [-0.4, -0.2) is 50.9 Å². The van der Waals surface area contributed by atoms with Gasteiger partial charge < -0.3 is 9.80 Å². The normalized spacial score (nSPS) is 15.5. The van der Waals surface area contributed by atoms with E-state index in [4.69, 9.17) is 4.98 Å². The molecule has 0 spiro atoms. The van der Waals surface area contributed by atoms with Gasteiger partial charge in [0.25, 0.3) is 0 Å². The summed E-state index contributed by atoms with van der Waals surface area (Å²) in [5.74, 6) is 3.28. The highest BCUT2D eigenvalue weighted by molar-refractivity contribution is 5.43. The summed E-state index contributed by atoms with van der Waals surface area (Å²) >= 11 is 0. The van der Waals surface area contributed by atoms with Gasteiger partial charge in [-0.25, -0.2) is 14.6 Å². The van der Waals surface area contributed by atoms with E-state index in [1.807, 2.05) is 11.6 Å². The fourth-order valence-electron chi connectivity index (χ4n) is 2.86. The lowest BCUT2D eigenvalue weighted by atomic mass is 10.2. The van der Waals surface area contributed by atoms with Crippen molar-refractivity contribution >= 4 is 11.8 Å². The molecule has 7 nitrogen and oxygen atoms in total. The Labute approximate surface area is 137 Å². The van der Waals surface area contributed by atoms with Gasteiger partial charge in [-0.15, -0.1) is 0 Å². The number of aryl methyl sites for hydroxylation is 2. The summed E-state index contributed by atoms with van der Waals surface area (Å²) < 4.78 is 1.95. The minimum absolute atomic E-state index is 0.345. The van der Waals surface area contributed by atoms with Gasteiger partial charge in [0.1, 0.15) is 18.0 Å². The number of rotatable bonds is 4. The standard InChI is InChI=1S/C16H25N7/c1-5-23-16(17-11-18-23)22-8-6-21(7-9-22)14-10-13(4)19-15(20-14)12(2)3/h10-12H,5-9H2,1-4H3. The molecule has 3 rings (SSSR count). The molecule has 0 aliphatic carbocycles. The van der Waals surface area contributed by atoms with Crippen molar-refractivity contribution in [3.8, 4) is 0 Å². The molecule has 2 aromatic heterocycles. The van der Waals surface area contributed by atoms with Crippen molar-refractivity contribution in [2.45, 2.75) is 40.2 Å². The van der Waals surface area contributed by atoms with Crippen molar-refractivity contribution in [2.24, 2.45) is 0 Å². The lowest BCUT2D eigenvalue weighted by molar-refractivity contribution is 0.588. The van der Waals surface area contributed by atoms with Gasteiger partial charge in [-0.2, -0.15) is 10.1 Å². The van der Waals surface area contributed by atoms with E-state index in [-0.39, 0.29) is 0 Å². The molecule has 0 N–H and O–H groups in total. The van der Waals surface area contributed by atoms with E-state index in [2.05, 4.69) is 51.7 Å². The minimum Gasteiger partial charge on any atom is -0.353 e. The predicted octanol–water partition coefficient (Wildman–Crippen LogP) is 1.85. The van der Waals surface area contributed by atoms with Crippen LogP contribution in [0.25, 0.3) is 0 Å². The third kappa shape index (κ3) is 3.28. The highest BCUT2D eigenvalue weighted by Crippen LogP contribution is 2.20. The fourth-order valence-corrected chi connectivity index (χ4v) is 2.86. The summed E-state index contributed by atoms with van der Waals surface area (Å²) in [6.07, 6.45) is 1.63. The largest absolute Gasteiger partial charge is 0.353 e. The Morgan fingerprint density at radius 3 is 2.43 bits per heavy atom. The summed E-state index contributed by atoms with van der Waals surface area (Å²) in [6, 6.07) is 2.08. The number of nitrogens with zero attached hydrogens (tertiary/aromatic N) is 7. The summed E-state index contributed by atoms with van der Waals surface area (Å²) in [7, 11) is 0. The third-order valence-electron chi connectivity index (χ3n) is 4.16. The Hall–Kier alpha value is -2.18. The average Bonchev–Trinajstić information content (AvgIpc) is 3.03. The van der Waals surface area contributed by atoms with E-state index in [1.165, 1.54) is 0 Å². The van der Waals surface area contributed by atoms with Gasteiger partial charge in [0.2, 0.25) is 5.95 Å². The molecule has 23 heavy (non-hydrogen) atoms. The van der Waals surface area contributed by atoms with Crippen LogP contribution in [-0.2, 0) is 6.54 Å². The zero-order valence-corrected chi connectivity index (χ0v) is 14.4. The highest BCUT2D eigenvalue weighted by Gasteiger charge is 2.22. The van der Waals surface area contributed by atoms with Crippen LogP contribution in [0.15, 0.2) is 12.4 Å². The number of anilines is 2. The molecule has 124 valence electrons. The van der Waals surface area contributed by atoms with Gasteiger partial charge in [0.05, 0.1) is 0 Å². The first-order valence-electron chi connectivity index (χ1n) is 8.31. The number of piperazine rings is 1. The Kier molecular flexibility index (Phi) is 4.45. The molecule has 0 bridgehead atoms. The van der Waals surface area contributed by atoms with Crippen molar-refractivity contribution in [1.82, 2.24) is 24.7 Å². The lowest BCUT2D eigenvalue weighted by Crippen LogP contribution is -2.47. The summed E-state index contributed by atoms with van der Waals surface area (Å²) in [6.45, 7) is 13.0. The first kappa shape index (κ1) is 15.7. The number of hydrogen-bond acceptors (Lipinski definition) is 6. The molecule has 0 saturated carbocycles. The van der Waals surface area contributed by atoms with Gasteiger partial charge in [-0.3, -0.25) is 0 Å². The van der Waals surface area contributed by atoms with E-state index in [0.717, 1.165) is 56.0 Å². The SMILES string of the molecule is CCn1ncnc1N1CCN(c2cc(C)nc(C(C)C)n2)CC1. The predicted molar refractivity (Wildman–Crippen MR) is 91.0 cm³/mol. The van der Waals surface area contributed by atoms with Gasteiger partial charge in [-0.05, 0) is 13.8 Å². The maximum absolute atomic E-state index is 4.74. The van der Waals surface area contributed by atoms with E-state index >= 15 is 0 Å². The molecule has 2 aromatic rings. The average molecular weight is 315 g/mol. The Balaban J connectivity index is 1.72. The van der Waals surface area contributed by atoms with Gasteiger partial charge >= 0.3 is 0 Å². The third-order valence-corrected chi connectivity index (χ3v) is 4.16. The maximum atomic E-state index is 4.74. The second-order valence-electron chi connectivity index (χ2n) is 6.23. The molecular weight excluding hydrogens is 290 g/mol. The topological polar surface area (TPSA) is 63.0 Å². The minimum atomic E-state index is 0.345. The van der Waals surface area contributed by atoms with Crippen LogP contribution >= 0.6 is 0 Å². The van der Waals surface area contributed by atoms with Crippen LogP contribution in [0.4, 0.5) is 11.8 Å². The maximum Gasteiger partial charge on any atom is 0.223 e. The molecule has 0 atom stereocenters. The number of aromatic nitrogens is 5. The van der Waals surface area contributed by atoms with Crippen LogP contribution in [0.2, 0.25) is 0 Å². The van der Waals surface area contributed by atoms with Gasteiger partial charge in [0, 0.05) is 50.4 Å². The van der Waals surface area contributed by atoms with Crippen LogP contribution in [0.1, 0.15) is 38.2 Å². The highest BCUT2D eigenvalue weighted by atomic mass is 15.4. The van der Waals surface area contributed by atoms with Crippen LogP contribution < -0.4 is 9.80 Å². The van der Waals surface area contributed by atoms with E-state index in [0.29, 0.717) is 5.92 Å². The Morgan fingerprint density at radius 2 is 1.78 bits per heavy atom. The molecule has 1 fully saturated rings. The second kappa shape index (κ2) is 6.52. The lowest BCUT2D eigenvalue weighted by Gasteiger charge is -2.36. The molecule has 7 heteroatoms. The van der Waals surface area contributed by atoms with Crippen molar-refractivity contribution in [3.63, 3.8) is 0 Å². The zero-order valence-electron chi connectivity index (χ0n) is 14.4. The van der Waals surface area contributed by atoms with Gasteiger partial charge in [-0.1, -0.05) is 13.8 Å². The fraction of sp³-hybridized carbons (Fsp3) is 0.625. The Morgan fingerprint density at radius 1 is 1.09 bits per heavy atom. The monoisotopic (exact) mass is 315 g/mol. The van der Waals surface area contributed by atoms with Crippen LogP contribution in [0, 0.1) is 6.92 Å². The molecule has 0 radical (unpaired) electrons. The van der Waals surface area contributed by atoms with Crippen molar-refractivity contribution in [2.75, 3.05) is 36.0 Å². The summed E-state index contributed by atoms with van der Waals surface area (Å²) in [5, 5.41) is 4.26. The molecule has 1 aliphatic heterocycles. The number of hydrogen-bond donors (Lipinski definition) is 0. The molecular formula is C16H25N7. The van der Waals surface area contributed by atoms with Crippen molar-refractivity contribution in [3.05, 3.63) is 23.9 Å². The second-order valence-corrected chi connectivity index (χ2v) is 6.23. The summed E-state index contributed by atoms with van der Waals surface area (Å²) in [5.41, 5.74) is 1.03. The van der Waals surface area contributed by atoms with Crippen molar-refractivity contribution < 1.29 is 0 Å². The molecule has 3 heterocycles. The van der Waals surface area contributed by atoms with E-state index < -0.39 is 0 Å². The molecule has 0 aromatic carbocycles. The smallest absolute Gasteiger partial charge is 0.223 e. The van der Waals surface area contributed by atoms with Crippen LogP contribution in [0.3, 0.4) is 0 Å². The molecule has 1 saturated heterocycles. The molecule has 1 aliphatic rings.